The van der Waals surface area contributed by atoms with E-state index in [1.165, 1.54) is 12.0 Å². The number of aryl methyl sites for hydroxylation is 1. The van der Waals surface area contributed by atoms with Crippen LogP contribution in [0.15, 0.2) is 18.2 Å². The number of benzene rings is 1. The lowest BCUT2D eigenvalue weighted by Gasteiger charge is -2.20. The van der Waals surface area contributed by atoms with Gasteiger partial charge < -0.3 is 15.0 Å². The number of ether oxygens (including phenoxy) is 1. The minimum atomic E-state index is -2.74. The summed E-state index contributed by atoms with van der Waals surface area (Å²) >= 11 is 0.611. The van der Waals surface area contributed by atoms with Crippen LogP contribution in [0, 0.1) is 12.8 Å². The molecule has 1 fully saturated rings. The van der Waals surface area contributed by atoms with E-state index in [4.69, 9.17) is 4.74 Å². The number of halogens is 2. The van der Waals surface area contributed by atoms with Gasteiger partial charge in [0.2, 0.25) is 16.9 Å². The number of hydrogen-bond donors (Lipinski definition) is 1. The van der Waals surface area contributed by atoms with E-state index in [0.717, 1.165) is 5.56 Å². The third-order valence-corrected chi connectivity index (χ3v) is 4.82. The molecule has 0 aliphatic carbocycles. The fourth-order valence-electron chi connectivity index (χ4n) is 2.71. The predicted octanol–water partition coefficient (Wildman–Crippen LogP) is 2.78. The number of nitrogens with zero attached hydrogens (tertiary/aromatic N) is 3. The molecule has 2 heterocycles. The van der Waals surface area contributed by atoms with E-state index in [-0.39, 0.29) is 24.0 Å². The number of carbonyl (C=O) groups is 2. The van der Waals surface area contributed by atoms with Gasteiger partial charge in [0, 0.05) is 13.0 Å². The van der Waals surface area contributed by atoms with Crippen LogP contribution in [0.4, 0.5) is 19.6 Å². The van der Waals surface area contributed by atoms with E-state index >= 15 is 0 Å². The lowest BCUT2D eigenvalue weighted by Crippen LogP contribution is -2.28. The van der Waals surface area contributed by atoms with Crippen molar-refractivity contribution in [2.45, 2.75) is 19.8 Å². The highest BCUT2D eigenvalue weighted by Crippen LogP contribution is 2.34. The summed E-state index contributed by atoms with van der Waals surface area (Å²) in [4.78, 5) is 26.2. The molecule has 1 atom stereocenters. The van der Waals surface area contributed by atoms with Gasteiger partial charge in [0.25, 0.3) is 6.43 Å². The molecule has 1 N–H and O–H groups in total. The molecule has 1 aromatic carbocycles. The lowest BCUT2D eigenvalue weighted by atomic mass is 10.1. The standard InChI is InChI=1S/C16H16F2N4O3S/c1-8-3-4-11(25-2)10(5-8)22-7-9(6-12(22)23)14(24)19-16-21-20-15(26-16)13(17)18/h3-5,9,13H,6-7H2,1-2H3,(H,19,21,24). The van der Waals surface area contributed by atoms with E-state index < -0.39 is 23.3 Å². The van der Waals surface area contributed by atoms with Crippen molar-refractivity contribution in [3.8, 4) is 5.75 Å². The van der Waals surface area contributed by atoms with Crippen LogP contribution in [-0.2, 0) is 9.59 Å². The Balaban J connectivity index is 1.73. The zero-order valence-electron chi connectivity index (χ0n) is 14.0. The van der Waals surface area contributed by atoms with Crippen molar-refractivity contribution in [2.75, 3.05) is 23.9 Å². The Morgan fingerprint density at radius 3 is 2.85 bits per heavy atom. The molecule has 1 aliphatic rings. The van der Waals surface area contributed by atoms with Crippen LogP contribution in [0.3, 0.4) is 0 Å². The van der Waals surface area contributed by atoms with Crippen LogP contribution in [0.25, 0.3) is 0 Å². The third kappa shape index (κ3) is 3.64. The minimum absolute atomic E-state index is 0.00987. The lowest BCUT2D eigenvalue weighted by molar-refractivity contribution is -0.122. The smallest absolute Gasteiger partial charge is 0.291 e. The van der Waals surface area contributed by atoms with Gasteiger partial charge in [-0.05, 0) is 24.6 Å². The van der Waals surface area contributed by atoms with E-state index in [0.29, 0.717) is 22.8 Å². The molecule has 2 aromatic rings. The monoisotopic (exact) mass is 382 g/mol. The normalized spacial score (nSPS) is 17.0. The third-order valence-electron chi connectivity index (χ3n) is 3.98. The second-order valence-electron chi connectivity index (χ2n) is 5.82. The SMILES string of the molecule is COc1ccc(C)cc1N1CC(C(=O)Nc2nnc(C(F)F)s2)CC1=O. The van der Waals surface area contributed by atoms with Crippen LogP contribution in [0.5, 0.6) is 5.75 Å². The number of rotatable bonds is 5. The van der Waals surface area contributed by atoms with E-state index in [1.54, 1.807) is 6.07 Å². The molecule has 1 unspecified atom stereocenters. The molecule has 3 rings (SSSR count). The highest BCUT2D eigenvalue weighted by Gasteiger charge is 2.36. The predicted molar refractivity (Wildman–Crippen MR) is 91.7 cm³/mol. The van der Waals surface area contributed by atoms with Crippen molar-refractivity contribution in [2.24, 2.45) is 5.92 Å². The van der Waals surface area contributed by atoms with Crippen molar-refractivity contribution in [3.63, 3.8) is 0 Å². The highest BCUT2D eigenvalue weighted by atomic mass is 32.1. The van der Waals surface area contributed by atoms with E-state index in [2.05, 4.69) is 15.5 Å². The van der Waals surface area contributed by atoms with Crippen LogP contribution in [-0.4, -0.2) is 35.7 Å². The van der Waals surface area contributed by atoms with Crippen molar-refractivity contribution >= 4 is 34.0 Å². The molecule has 1 aliphatic heterocycles. The Bertz CT molecular complexity index is 843. The molecule has 1 aromatic heterocycles. The minimum Gasteiger partial charge on any atom is -0.495 e. The zero-order valence-corrected chi connectivity index (χ0v) is 14.8. The summed E-state index contributed by atoms with van der Waals surface area (Å²) in [5, 5.41) is 8.82. The topological polar surface area (TPSA) is 84.4 Å². The fourth-order valence-corrected chi connectivity index (χ4v) is 3.31. The van der Waals surface area contributed by atoms with Crippen molar-refractivity contribution in [3.05, 3.63) is 28.8 Å². The van der Waals surface area contributed by atoms with E-state index in [9.17, 15) is 18.4 Å². The van der Waals surface area contributed by atoms with Crippen LogP contribution in [0.1, 0.15) is 23.4 Å². The number of hydrogen-bond acceptors (Lipinski definition) is 6. The Kier molecular flexibility index (Phi) is 5.12. The average molecular weight is 382 g/mol. The summed E-state index contributed by atoms with van der Waals surface area (Å²) in [5.74, 6) is -0.744. The van der Waals surface area contributed by atoms with Gasteiger partial charge in [0.1, 0.15) is 5.75 Å². The number of aromatic nitrogens is 2. The van der Waals surface area contributed by atoms with Gasteiger partial charge in [-0.1, -0.05) is 17.4 Å². The second-order valence-corrected chi connectivity index (χ2v) is 6.83. The molecule has 10 heteroatoms. The fraction of sp³-hybridized carbons (Fsp3) is 0.375. The Labute approximate surface area is 152 Å². The Morgan fingerprint density at radius 2 is 2.19 bits per heavy atom. The number of anilines is 2. The molecular formula is C16H16F2N4O3S. The van der Waals surface area contributed by atoms with Crippen molar-refractivity contribution < 1.29 is 23.1 Å². The summed E-state index contributed by atoms with van der Waals surface area (Å²) in [6.07, 6.45) is -2.72. The first kappa shape index (κ1) is 18.2. The zero-order chi connectivity index (χ0) is 18.8. The van der Waals surface area contributed by atoms with Gasteiger partial charge in [-0.25, -0.2) is 8.78 Å². The molecule has 0 bridgehead atoms. The van der Waals surface area contributed by atoms with Gasteiger partial charge in [0.05, 0.1) is 18.7 Å². The summed E-state index contributed by atoms with van der Waals surface area (Å²) in [6, 6.07) is 5.44. The summed E-state index contributed by atoms with van der Waals surface area (Å²) in [5.41, 5.74) is 1.55. The Morgan fingerprint density at radius 1 is 1.42 bits per heavy atom. The molecular weight excluding hydrogens is 366 g/mol. The summed E-state index contributed by atoms with van der Waals surface area (Å²) in [6.45, 7) is 2.06. The molecule has 2 amide bonds. The first-order valence-corrected chi connectivity index (χ1v) is 8.58. The molecule has 138 valence electrons. The molecule has 0 saturated carbocycles. The molecule has 0 radical (unpaired) electrons. The largest absolute Gasteiger partial charge is 0.495 e. The first-order valence-electron chi connectivity index (χ1n) is 7.76. The molecule has 7 nitrogen and oxygen atoms in total. The van der Waals surface area contributed by atoms with E-state index in [1.807, 2.05) is 19.1 Å². The Hall–Kier alpha value is -2.62. The number of amides is 2. The van der Waals surface area contributed by atoms with Gasteiger partial charge in [-0.3, -0.25) is 9.59 Å². The van der Waals surface area contributed by atoms with Crippen LogP contribution < -0.4 is 15.0 Å². The maximum atomic E-state index is 12.5. The van der Waals surface area contributed by atoms with Gasteiger partial charge in [-0.2, -0.15) is 0 Å². The second kappa shape index (κ2) is 7.32. The maximum Gasteiger partial charge on any atom is 0.291 e. The quantitative estimate of drug-likeness (QED) is 0.860. The summed E-state index contributed by atoms with van der Waals surface area (Å²) < 4.78 is 30.4. The highest BCUT2D eigenvalue weighted by molar-refractivity contribution is 7.15. The number of carbonyl (C=O) groups excluding carboxylic acids is 2. The van der Waals surface area contributed by atoms with Gasteiger partial charge in [0.15, 0.2) is 5.01 Å². The molecule has 1 saturated heterocycles. The molecule has 26 heavy (non-hydrogen) atoms. The summed E-state index contributed by atoms with van der Waals surface area (Å²) in [7, 11) is 1.51. The first-order chi connectivity index (χ1) is 12.4. The average Bonchev–Trinajstić information content (AvgIpc) is 3.21. The van der Waals surface area contributed by atoms with Gasteiger partial charge in [-0.15, -0.1) is 10.2 Å². The van der Waals surface area contributed by atoms with Crippen molar-refractivity contribution in [1.29, 1.82) is 0 Å². The molecule has 0 spiro atoms. The number of alkyl halides is 2. The van der Waals surface area contributed by atoms with Crippen LogP contribution in [0.2, 0.25) is 0 Å². The van der Waals surface area contributed by atoms with Crippen molar-refractivity contribution in [1.82, 2.24) is 10.2 Å². The van der Waals surface area contributed by atoms with Gasteiger partial charge >= 0.3 is 0 Å². The maximum absolute atomic E-state index is 12.5. The number of nitrogens with one attached hydrogen (secondary N) is 1. The van der Waals surface area contributed by atoms with Crippen LogP contribution >= 0.6 is 11.3 Å². The number of methoxy groups -OCH3 is 1.